The number of nitrogens with zero attached hydrogens (tertiary/aromatic N) is 2. The largest absolute Gasteiger partial charge is 0.489 e. The van der Waals surface area contributed by atoms with Crippen molar-refractivity contribution in [3.63, 3.8) is 0 Å². The van der Waals surface area contributed by atoms with Gasteiger partial charge in [0.15, 0.2) is 0 Å². The summed E-state index contributed by atoms with van der Waals surface area (Å²) in [6.07, 6.45) is 2.71. The van der Waals surface area contributed by atoms with Crippen LogP contribution in [0.25, 0.3) is 0 Å². The molecule has 0 fully saturated rings. The summed E-state index contributed by atoms with van der Waals surface area (Å²) in [5, 5.41) is 4.04. The third kappa shape index (κ3) is 8.02. The second-order valence-corrected chi connectivity index (χ2v) is 11.3. The highest BCUT2D eigenvalue weighted by molar-refractivity contribution is 7.92. The molecular weight excluding hydrogens is 510 g/mol. The zero-order valence-electron chi connectivity index (χ0n) is 22.2. The first-order valence-electron chi connectivity index (χ1n) is 12.4. The fourth-order valence-electron chi connectivity index (χ4n) is 3.77. The van der Waals surface area contributed by atoms with Crippen molar-refractivity contribution in [3.05, 3.63) is 130 Å². The second kappa shape index (κ2) is 12.4. The number of hydrogen-bond donors (Lipinski definition) is 1. The van der Waals surface area contributed by atoms with Crippen LogP contribution in [0.4, 0.5) is 5.69 Å². The van der Waals surface area contributed by atoms with E-state index in [2.05, 4.69) is 22.7 Å². The summed E-state index contributed by atoms with van der Waals surface area (Å²) in [4.78, 5) is 12.6. The molecule has 0 aliphatic rings. The number of sulfonamides is 1. The number of ether oxygens (including phenoxy) is 1. The highest BCUT2D eigenvalue weighted by atomic mass is 32.2. The predicted molar refractivity (Wildman–Crippen MR) is 156 cm³/mol. The van der Waals surface area contributed by atoms with E-state index < -0.39 is 15.9 Å². The second-order valence-electron chi connectivity index (χ2n) is 9.34. The van der Waals surface area contributed by atoms with Crippen LogP contribution in [0.15, 0.2) is 102 Å². The Hall–Kier alpha value is -4.43. The van der Waals surface area contributed by atoms with Gasteiger partial charge in [-0.05, 0) is 79.1 Å². The Bertz CT molecular complexity index is 1530. The number of hydrogen-bond acceptors (Lipinski definition) is 5. The number of carbonyl (C=O) groups is 1. The number of benzene rings is 4. The van der Waals surface area contributed by atoms with Crippen LogP contribution in [-0.4, -0.2) is 26.8 Å². The molecule has 200 valence electrons. The normalized spacial score (nSPS) is 11.4. The topological polar surface area (TPSA) is 88.1 Å². The van der Waals surface area contributed by atoms with E-state index in [1.54, 1.807) is 30.5 Å². The molecule has 0 heterocycles. The number of anilines is 1. The Kier molecular flexibility index (Phi) is 8.78. The molecule has 0 bridgehead atoms. The molecule has 4 rings (SSSR count). The molecule has 4 aromatic rings. The van der Waals surface area contributed by atoms with Gasteiger partial charge in [0.1, 0.15) is 12.4 Å². The van der Waals surface area contributed by atoms with Crippen LogP contribution in [0, 0.1) is 13.8 Å². The molecule has 7 nitrogen and oxygen atoms in total. The smallest absolute Gasteiger partial charge is 0.271 e. The Morgan fingerprint density at radius 3 is 1.95 bits per heavy atom. The monoisotopic (exact) mass is 541 g/mol. The lowest BCUT2D eigenvalue weighted by Gasteiger charge is -2.22. The first kappa shape index (κ1) is 27.6. The molecule has 0 aliphatic heterocycles. The van der Waals surface area contributed by atoms with Crippen LogP contribution in [-0.2, 0) is 23.2 Å². The first-order chi connectivity index (χ1) is 18.7. The van der Waals surface area contributed by atoms with E-state index >= 15 is 0 Å². The zero-order valence-corrected chi connectivity index (χ0v) is 23.0. The Morgan fingerprint density at radius 1 is 0.821 bits per heavy atom. The molecule has 0 spiro atoms. The van der Waals surface area contributed by atoms with Gasteiger partial charge in [-0.3, -0.25) is 9.10 Å². The number of nitrogens with one attached hydrogen (secondary N) is 1. The van der Waals surface area contributed by atoms with E-state index in [0.717, 1.165) is 28.0 Å². The molecule has 1 N–H and O–H groups in total. The maximum Gasteiger partial charge on any atom is 0.271 e. The van der Waals surface area contributed by atoms with Gasteiger partial charge in [0.05, 0.1) is 24.7 Å². The summed E-state index contributed by atoms with van der Waals surface area (Å²) < 4.78 is 32.0. The zero-order chi connectivity index (χ0) is 27.8. The van der Waals surface area contributed by atoms with Crippen molar-refractivity contribution in [2.75, 3.05) is 10.6 Å². The van der Waals surface area contributed by atoms with E-state index in [1.165, 1.54) is 16.1 Å². The van der Waals surface area contributed by atoms with E-state index in [0.29, 0.717) is 17.9 Å². The first-order valence-corrected chi connectivity index (χ1v) is 14.3. The van der Waals surface area contributed by atoms with Crippen molar-refractivity contribution < 1.29 is 17.9 Å². The molecule has 4 aromatic carbocycles. The minimum Gasteiger partial charge on any atom is -0.489 e. The van der Waals surface area contributed by atoms with Gasteiger partial charge in [-0.2, -0.15) is 5.10 Å². The molecule has 0 aliphatic carbocycles. The third-order valence-corrected chi connectivity index (χ3v) is 7.19. The van der Waals surface area contributed by atoms with Crippen LogP contribution in [0.1, 0.15) is 38.2 Å². The number of hydrazone groups is 1. The summed E-state index contributed by atoms with van der Waals surface area (Å²) >= 11 is 0. The van der Waals surface area contributed by atoms with Crippen molar-refractivity contribution in [2.24, 2.45) is 5.10 Å². The predicted octanol–water partition coefficient (Wildman–Crippen LogP) is 5.61. The maximum atomic E-state index is 12.6. The van der Waals surface area contributed by atoms with Crippen molar-refractivity contribution in [2.45, 2.75) is 27.0 Å². The van der Waals surface area contributed by atoms with E-state index in [-0.39, 0.29) is 6.54 Å². The van der Waals surface area contributed by atoms with Gasteiger partial charge in [-0.25, -0.2) is 13.8 Å². The average molecular weight is 542 g/mol. The number of rotatable bonds is 10. The molecular formula is C31H31N3O4S. The molecule has 0 atom stereocenters. The van der Waals surface area contributed by atoms with Crippen LogP contribution in [0.2, 0.25) is 0 Å². The molecule has 39 heavy (non-hydrogen) atoms. The molecule has 0 radical (unpaired) electrons. The molecule has 0 saturated heterocycles. The fourth-order valence-corrected chi connectivity index (χ4v) is 4.66. The lowest BCUT2D eigenvalue weighted by atomic mass is 10.1. The van der Waals surface area contributed by atoms with Crippen molar-refractivity contribution in [1.29, 1.82) is 0 Å². The van der Waals surface area contributed by atoms with Crippen LogP contribution < -0.4 is 14.5 Å². The van der Waals surface area contributed by atoms with Gasteiger partial charge in [-0.15, -0.1) is 0 Å². The third-order valence-electron chi connectivity index (χ3n) is 6.05. The summed E-state index contributed by atoms with van der Waals surface area (Å²) in [6.45, 7) is 4.71. The fraction of sp³-hybridized carbons (Fsp3) is 0.161. The number of amides is 1. The Labute approximate surface area is 229 Å². The minimum absolute atomic E-state index is 0.199. The SMILES string of the molecule is Cc1ccc(COc2ccc(/C=N\NC(=O)c3ccc(N(Cc4ccc(C)cc4)S(C)(=O)=O)cc3)cc2)cc1. The van der Waals surface area contributed by atoms with Crippen molar-refractivity contribution in [1.82, 2.24) is 5.43 Å². The lowest BCUT2D eigenvalue weighted by Crippen LogP contribution is -2.29. The summed E-state index contributed by atoms with van der Waals surface area (Å²) in [7, 11) is -3.53. The summed E-state index contributed by atoms with van der Waals surface area (Å²) in [5.41, 5.74) is 8.41. The van der Waals surface area contributed by atoms with Gasteiger partial charge in [-0.1, -0.05) is 59.7 Å². The van der Waals surface area contributed by atoms with Gasteiger partial charge < -0.3 is 4.74 Å². The standard InChI is InChI=1S/C31H31N3O4S/c1-23-4-8-26(9-5-23)21-34(39(3,36)37)29-16-14-28(15-17-29)31(35)33-32-20-25-12-18-30(19-13-25)38-22-27-10-6-24(2)7-11-27/h4-20H,21-22H2,1-3H3,(H,33,35)/b32-20-. The van der Waals surface area contributed by atoms with Gasteiger partial charge in [0, 0.05) is 5.56 Å². The highest BCUT2D eigenvalue weighted by Gasteiger charge is 2.18. The lowest BCUT2D eigenvalue weighted by molar-refractivity contribution is 0.0955. The van der Waals surface area contributed by atoms with Crippen LogP contribution in [0.5, 0.6) is 5.75 Å². The number of aryl methyl sites for hydroxylation is 2. The minimum atomic E-state index is -3.53. The van der Waals surface area contributed by atoms with Crippen molar-refractivity contribution in [3.8, 4) is 5.75 Å². The van der Waals surface area contributed by atoms with Crippen LogP contribution in [0.3, 0.4) is 0 Å². The Balaban J connectivity index is 1.32. The summed E-state index contributed by atoms with van der Waals surface area (Å²) in [6, 6.07) is 29.7. The van der Waals surface area contributed by atoms with E-state index in [1.807, 2.05) is 74.5 Å². The Morgan fingerprint density at radius 2 is 1.38 bits per heavy atom. The quantitative estimate of drug-likeness (QED) is 0.209. The molecule has 8 heteroatoms. The summed E-state index contributed by atoms with van der Waals surface area (Å²) in [5.74, 6) is 0.336. The maximum absolute atomic E-state index is 12.6. The van der Waals surface area contributed by atoms with Gasteiger partial charge in [0.2, 0.25) is 10.0 Å². The van der Waals surface area contributed by atoms with Crippen molar-refractivity contribution >= 4 is 27.8 Å². The van der Waals surface area contributed by atoms with Crippen LogP contribution >= 0.6 is 0 Å². The van der Waals surface area contributed by atoms with E-state index in [4.69, 9.17) is 4.74 Å². The van der Waals surface area contributed by atoms with E-state index in [9.17, 15) is 13.2 Å². The average Bonchev–Trinajstić information content (AvgIpc) is 2.92. The molecule has 0 saturated carbocycles. The van der Waals surface area contributed by atoms with Gasteiger partial charge in [0.25, 0.3) is 5.91 Å². The number of carbonyl (C=O) groups excluding carboxylic acids is 1. The molecule has 0 unspecified atom stereocenters. The molecule has 1 amide bonds. The van der Waals surface area contributed by atoms with Gasteiger partial charge >= 0.3 is 0 Å². The highest BCUT2D eigenvalue weighted by Crippen LogP contribution is 2.22. The molecule has 0 aromatic heterocycles.